The van der Waals surface area contributed by atoms with Gasteiger partial charge in [0.1, 0.15) is 23.9 Å². The Kier molecular flexibility index (Phi) is 7.26. The van der Waals surface area contributed by atoms with E-state index in [1.165, 1.54) is 12.1 Å². The Labute approximate surface area is 221 Å². The molecule has 0 bridgehead atoms. The minimum atomic E-state index is -0.412. The number of nitrogens with zero attached hydrogens (tertiary/aromatic N) is 1. The summed E-state index contributed by atoms with van der Waals surface area (Å²) in [6, 6.07) is 24.2. The molecule has 6 nitrogen and oxygen atoms in total. The highest BCUT2D eigenvalue weighted by Crippen LogP contribution is 2.38. The monoisotopic (exact) mass is 512 g/mol. The van der Waals surface area contributed by atoms with Crippen LogP contribution in [0.15, 0.2) is 89.3 Å². The van der Waals surface area contributed by atoms with Crippen LogP contribution in [0, 0.1) is 11.7 Å². The summed E-state index contributed by atoms with van der Waals surface area (Å²) < 4.78 is 25.9. The second-order valence-corrected chi connectivity index (χ2v) is 9.63. The molecule has 38 heavy (non-hydrogen) atoms. The second kappa shape index (κ2) is 10.9. The minimum absolute atomic E-state index is 0.0214. The van der Waals surface area contributed by atoms with Crippen LogP contribution >= 0.6 is 0 Å². The summed E-state index contributed by atoms with van der Waals surface area (Å²) in [7, 11) is 0. The quantitative estimate of drug-likeness (QED) is 0.312. The van der Waals surface area contributed by atoms with Crippen LogP contribution in [0.4, 0.5) is 10.1 Å². The van der Waals surface area contributed by atoms with Crippen LogP contribution in [0.3, 0.4) is 0 Å². The number of carbonyl (C=O) groups is 2. The van der Waals surface area contributed by atoms with Crippen molar-refractivity contribution in [2.45, 2.75) is 32.9 Å². The average Bonchev–Trinajstić information content (AvgIpc) is 3.40. The molecule has 1 unspecified atom stereocenters. The molecule has 194 valence electrons. The number of ether oxygens (including phenoxy) is 1. The van der Waals surface area contributed by atoms with Gasteiger partial charge in [-0.3, -0.25) is 9.59 Å². The number of para-hydroxylation sites is 1. The molecule has 0 fully saturated rings. The summed E-state index contributed by atoms with van der Waals surface area (Å²) in [4.78, 5) is 27.4. The molecular formula is C31H29FN2O4. The lowest BCUT2D eigenvalue weighted by molar-refractivity contribution is -0.136. The van der Waals surface area contributed by atoms with Gasteiger partial charge in [0.25, 0.3) is 5.91 Å². The molecule has 1 atom stereocenters. The smallest absolute Gasteiger partial charge is 0.291 e. The number of hydrogen-bond donors (Lipinski definition) is 1. The van der Waals surface area contributed by atoms with Crippen LogP contribution in [0.1, 0.15) is 52.9 Å². The summed E-state index contributed by atoms with van der Waals surface area (Å²) in [6.07, 6.45) is 0.706. The average molecular weight is 513 g/mol. The van der Waals surface area contributed by atoms with E-state index in [9.17, 15) is 14.0 Å². The summed E-state index contributed by atoms with van der Waals surface area (Å²) in [5, 5.41) is 2.79. The highest BCUT2D eigenvalue weighted by Gasteiger charge is 2.33. The van der Waals surface area contributed by atoms with Gasteiger partial charge in [-0.1, -0.05) is 50.2 Å². The summed E-state index contributed by atoms with van der Waals surface area (Å²) >= 11 is 0. The van der Waals surface area contributed by atoms with Crippen LogP contribution in [-0.2, 0) is 17.8 Å². The van der Waals surface area contributed by atoms with Crippen molar-refractivity contribution in [3.63, 3.8) is 0 Å². The molecule has 2 heterocycles. The number of halogens is 1. The van der Waals surface area contributed by atoms with Crippen molar-refractivity contribution in [1.29, 1.82) is 0 Å². The number of nitrogens with one attached hydrogen (secondary N) is 1. The molecule has 0 spiro atoms. The molecular weight excluding hydrogens is 483 g/mol. The Morgan fingerprint density at radius 1 is 1.03 bits per heavy atom. The maximum atomic E-state index is 14.2. The first-order valence-corrected chi connectivity index (χ1v) is 12.7. The van der Waals surface area contributed by atoms with Gasteiger partial charge in [0, 0.05) is 18.2 Å². The SMILES string of the molecule is CC(C)C(=O)N1CCc2ccc(OCc3ccc(C(=O)Nc4ccccc4)o3)cc2C1c1cccc(F)c1. The van der Waals surface area contributed by atoms with E-state index in [2.05, 4.69) is 5.32 Å². The number of hydrogen-bond acceptors (Lipinski definition) is 4. The van der Waals surface area contributed by atoms with Crippen molar-refractivity contribution in [3.8, 4) is 5.75 Å². The van der Waals surface area contributed by atoms with Crippen molar-refractivity contribution in [2.24, 2.45) is 5.92 Å². The van der Waals surface area contributed by atoms with Gasteiger partial charge in [0.15, 0.2) is 5.76 Å². The molecule has 0 saturated carbocycles. The lowest BCUT2D eigenvalue weighted by Gasteiger charge is -2.39. The molecule has 5 rings (SSSR count). The molecule has 0 radical (unpaired) electrons. The zero-order valence-corrected chi connectivity index (χ0v) is 21.3. The third kappa shape index (κ3) is 5.47. The summed E-state index contributed by atoms with van der Waals surface area (Å²) in [6.45, 7) is 4.43. The standard InChI is InChI=1S/C31H29FN2O4/c1-20(2)31(36)34-16-15-21-11-12-25(18-27(21)29(34)22-7-6-8-23(32)17-22)37-19-26-13-14-28(38-26)30(35)33-24-9-4-3-5-10-24/h3-14,17-18,20,29H,15-16,19H2,1-2H3,(H,33,35). The first-order valence-electron chi connectivity index (χ1n) is 12.7. The maximum absolute atomic E-state index is 14.2. The fourth-order valence-electron chi connectivity index (χ4n) is 4.73. The van der Waals surface area contributed by atoms with Gasteiger partial charge in [0.05, 0.1) is 6.04 Å². The third-order valence-electron chi connectivity index (χ3n) is 6.59. The molecule has 2 amide bonds. The lowest BCUT2D eigenvalue weighted by Crippen LogP contribution is -2.42. The molecule has 1 aromatic heterocycles. The molecule has 1 aliphatic rings. The number of benzene rings is 3. The highest BCUT2D eigenvalue weighted by molar-refractivity contribution is 6.02. The van der Waals surface area contributed by atoms with Crippen molar-refractivity contribution in [2.75, 3.05) is 11.9 Å². The van der Waals surface area contributed by atoms with Gasteiger partial charge in [-0.2, -0.15) is 0 Å². The van der Waals surface area contributed by atoms with Crippen LogP contribution < -0.4 is 10.1 Å². The number of fused-ring (bicyclic) bond motifs is 1. The van der Waals surface area contributed by atoms with E-state index < -0.39 is 6.04 Å². The van der Waals surface area contributed by atoms with Crippen molar-refractivity contribution in [3.05, 3.63) is 119 Å². The van der Waals surface area contributed by atoms with Crippen LogP contribution in [0.2, 0.25) is 0 Å². The number of carbonyl (C=O) groups excluding carboxylic acids is 2. The number of anilines is 1. The topological polar surface area (TPSA) is 71.8 Å². The van der Waals surface area contributed by atoms with Crippen molar-refractivity contribution >= 4 is 17.5 Å². The highest BCUT2D eigenvalue weighted by atomic mass is 19.1. The minimum Gasteiger partial charge on any atom is -0.486 e. The van der Waals surface area contributed by atoms with Gasteiger partial charge in [-0.15, -0.1) is 0 Å². The van der Waals surface area contributed by atoms with E-state index in [4.69, 9.17) is 9.15 Å². The van der Waals surface area contributed by atoms with Gasteiger partial charge >= 0.3 is 0 Å². The molecule has 1 aliphatic heterocycles. The van der Waals surface area contributed by atoms with Crippen molar-refractivity contribution < 1.29 is 23.1 Å². The Morgan fingerprint density at radius 3 is 2.61 bits per heavy atom. The van der Waals surface area contributed by atoms with E-state index in [0.29, 0.717) is 30.2 Å². The summed E-state index contributed by atoms with van der Waals surface area (Å²) in [5.41, 5.74) is 3.41. The molecule has 1 N–H and O–H groups in total. The van der Waals surface area contributed by atoms with Crippen molar-refractivity contribution in [1.82, 2.24) is 4.90 Å². The Bertz CT molecular complexity index is 1450. The largest absolute Gasteiger partial charge is 0.486 e. The normalized spacial score (nSPS) is 14.7. The fourth-order valence-corrected chi connectivity index (χ4v) is 4.73. The molecule has 0 aliphatic carbocycles. The predicted molar refractivity (Wildman–Crippen MR) is 142 cm³/mol. The number of amides is 2. The maximum Gasteiger partial charge on any atom is 0.291 e. The predicted octanol–water partition coefficient (Wildman–Crippen LogP) is 6.38. The fraction of sp³-hybridized carbons (Fsp3) is 0.226. The van der Waals surface area contributed by atoms with Gasteiger partial charge in [0.2, 0.25) is 5.91 Å². The first kappa shape index (κ1) is 25.3. The third-order valence-corrected chi connectivity index (χ3v) is 6.59. The van der Waals surface area contributed by atoms with Crippen LogP contribution in [0.5, 0.6) is 5.75 Å². The van der Waals surface area contributed by atoms with Gasteiger partial charge in [-0.25, -0.2) is 4.39 Å². The zero-order chi connectivity index (χ0) is 26.6. The number of rotatable bonds is 7. The van der Waals surface area contributed by atoms with Gasteiger partial charge < -0.3 is 19.4 Å². The van der Waals surface area contributed by atoms with E-state index in [-0.39, 0.29) is 35.9 Å². The summed E-state index contributed by atoms with van der Waals surface area (Å²) in [5.74, 6) is 0.433. The Hall–Kier alpha value is -4.39. The first-order chi connectivity index (χ1) is 18.4. The molecule has 3 aromatic carbocycles. The van der Waals surface area contributed by atoms with E-state index in [0.717, 1.165) is 16.7 Å². The second-order valence-electron chi connectivity index (χ2n) is 9.63. The zero-order valence-electron chi connectivity index (χ0n) is 21.3. The molecule has 7 heteroatoms. The van der Waals surface area contributed by atoms with Crippen LogP contribution in [-0.4, -0.2) is 23.3 Å². The van der Waals surface area contributed by atoms with Gasteiger partial charge in [-0.05, 0) is 71.6 Å². The Morgan fingerprint density at radius 2 is 1.84 bits per heavy atom. The molecule has 4 aromatic rings. The van der Waals surface area contributed by atoms with Crippen LogP contribution in [0.25, 0.3) is 0 Å². The lowest BCUT2D eigenvalue weighted by atomic mass is 9.87. The molecule has 0 saturated heterocycles. The number of furan rings is 1. The van der Waals surface area contributed by atoms with E-state index >= 15 is 0 Å². The Balaban J connectivity index is 1.35. The van der Waals surface area contributed by atoms with E-state index in [1.807, 2.05) is 61.2 Å². The van der Waals surface area contributed by atoms with E-state index in [1.54, 1.807) is 30.3 Å².